The van der Waals surface area contributed by atoms with Crippen LogP contribution in [0.25, 0.3) is 5.69 Å². The predicted octanol–water partition coefficient (Wildman–Crippen LogP) is 5.21. The number of carbonyl (C=O) groups is 1. The maximum Gasteiger partial charge on any atom is 0.304 e. The predicted molar refractivity (Wildman–Crippen MR) is 110 cm³/mol. The molecule has 0 amide bonds. The van der Waals surface area contributed by atoms with Crippen LogP contribution < -0.4 is 0 Å². The molecule has 0 saturated heterocycles. The third-order valence-electron chi connectivity index (χ3n) is 4.70. The first-order valence-electron chi connectivity index (χ1n) is 8.73. The highest BCUT2D eigenvalue weighted by atomic mass is 35.5. The first-order valence-corrected chi connectivity index (χ1v) is 9.48. The monoisotopic (exact) mass is 413 g/mol. The standard InChI is InChI=1S/C21H17Cl2N3O2/c1-11-12(2)26-18-9-8-14(22)10-16(18)19(15-6-4-5-7-17(15)23)25-21(20(26)24-11)28-13(3)27/h4-10,21H,1-3H3. The van der Waals surface area contributed by atoms with Crippen molar-refractivity contribution in [3.8, 4) is 5.69 Å². The van der Waals surface area contributed by atoms with Gasteiger partial charge >= 0.3 is 5.97 Å². The Hall–Kier alpha value is -2.63. The summed E-state index contributed by atoms with van der Waals surface area (Å²) in [5, 5.41) is 1.11. The van der Waals surface area contributed by atoms with Crippen molar-refractivity contribution in [3.05, 3.63) is 80.8 Å². The van der Waals surface area contributed by atoms with Crippen molar-refractivity contribution in [1.29, 1.82) is 0 Å². The zero-order chi connectivity index (χ0) is 20.0. The Morgan fingerprint density at radius 2 is 1.86 bits per heavy atom. The van der Waals surface area contributed by atoms with Gasteiger partial charge in [0.05, 0.1) is 17.1 Å². The summed E-state index contributed by atoms with van der Waals surface area (Å²) in [6, 6.07) is 13.0. The first kappa shape index (κ1) is 18.7. The number of nitrogens with zero attached hydrogens (tertiary/aromatic N) is 3. The maximum absolute atomic E-state index is 11.8. The minimum atomic E-state index is -0.901. The molecular weight excluding hydrogens is 397 g/mol. The number of hydrogen-bond donors (Lipinski definition) is 0. The Morgan fingerprint density at radius 1 is 1.11 bits per heavy atom. The molecule has 2 aromatic carbocycles. The molecule has 0 bridgehead atoms. The van der Waals surface area contributed by atoms with Crippen LogP contribution in [0.4, 0.5) is 0 Å². The molecule has 0 N–H and O–H groups in total. The second kappa shape index (κ2) is 7.08. The van der Waals surface area contributed by atoms with Gasteiger partial charge in [-0.2, -0.15) is 0 Å². The Balaban J connectivity index is 2.08. The highest BCUT2D eigenvalue weighted by Gasteiger charge is 2.30. The lowest BCUT2D eigenvalue weighted by Gasteiger charge is -2.14. The van der Waals surface area contributed by atoms with Crippen molar-refractivity contribution in [1.82, 2.24) is 9.55 Å². The van der Waals surface area contributed by atoms with Crippen LogP contribution in [0.5, 0.6) is 0 Å². The van der Waals surface area contributed by atoms with E-state index in [0.717, 1.165) is 28.2 Å². The van der Waals surface area contributed by atoms with Crippen molar-refractivity contribution in [3.63, 3.8) is 0 Å². The van der Waals surface area contributed by atoms with Crippen molar-refractivity contribution < 1.29 is 9.53 Å². The Morgan fingerprint density at radius 3 is 2.57 bits per heavy atom. The van der Waals surface area contributed by atoms with Gasteiger partial charge in [-0.25, -0.2) is 9.98 Å². The van der Waals surface area contributed by atoms with Gasteiger partial charge in [-0.3, -0.25) is 9.36 Å². The molecule has 0 saturated carbocycles. The molecule has 1 aliphatic rings. The molecule has 0 fully saturated rings. The summed E-state index contributed by atoms with van der Waals surface area (Å²) in [6.07, 6.45) is -0.901. The smallest absolute Gasteiger partial charge is 0.304 e. The van der Waals surface area contributed by atoms with Crippen molar-refractivity contribution in [2.75, 3.05) is 0 Å². The van der Waals surface area contributed by atoms with Gasteiger partial charge in [-0.15, -0.1) is 0 Å². The molecule has 7 heteroatoms. The zero-order valence-electron chi connectivity index (χ0n) is 15.5. The van der Waals surface area contributed by atoms with E-state index in [1.165, 1.54) is 6.92 Å². The van der Waals surface area contributed by atoms with Crippen LogP contribution in [0, 0.1) is 13.8 Å². The summed E-state index contributed by atoms with van der Waals surface area (Å²) in [7, 11) is 0. The molecular formula is C21H17Cl2N3O2. The lowest BCUT2D eigenvalue weighted by atomic mass is 10.00. The van der Waals surface area contributed by atoms with Gasteiger partial charge in [0, 0.05) is 33.8 Å². The Bertz CT molecular complexity index is 1130. The molecule has 1 aromatic heterocycles. The third-order valence-corrected chi connectivity index (χ3v) is 5.26. The normalized spacial score (nSPS) is 15.3. The van der Waals surface area contributed by atoms with E-state index < -0.39 is 12.2 Å². The van der Waals surface area contributed by atoms with Crippen LogP contribution in [-0.4, -0.2) is 21.2 Å². The molecule has 142 valence electrons. The largest absolute Gasteiger partial charge is 0.432 e. The number of esters is 1. The molecule has 3 aromatic rings. The third kappa shape index (κ3) is 3.11. The number of aliphatic imine (C=N–C) groups is 1. The van der Waals surface area contributed by atoms with Crippen LogP contribution in [-0.2, 0) is 9.53 Å². The van der Waals surface area contributed by atoms with Gasteiger partial charge in [-0.05, 0) is 38.1 Å². The lowest BCUT2D eigenvalue weighted by Crippen LogP contribution is -2.12. The number of fused-ring (bicyclic) bond motifs is 3. The van der Waals surface area contributed by atoms with Crippen LogP contribution in [0.1, 0.15) is 41.5 Å². The van der Waals surface area contributed by atoms with Crippen molar-refractivity contribution in [2.45, 2.75) is 27.0 Å². The topological polar surface area (TPSA) is 56.5 Å². The fourth-order valence-corrected chi connectivity index (χ4v) is 3.75. The summed E-state index contributed by atoms with van der Waals surface area (Å²) >= 11 is 12.8. The number of rotatable bonds is 2. The fraction of sp³-hybridized carbons (Fsp3) is 0.190. The van der Waals surface area contributed by atoms with E-state index in [2.05, 4.69) is 4.98 Å². The van der Waals surface area contributed by atoms with E-state index in [4.69, 9.17) is 32.9 Å². The number of hydrogen-bond acceptors (Lipinski definition) is 4. The van der Waals surface area contributed by atoms with Crippen molar-refractivity contribution >= 4 is 34.9 Å². The summed E-state index contributed by atoms with van der Waals surface area (Å²) < 4.78 is 7.49. The van der Waals surface area contributed by atoms with E-state index in [-0.39, 0.29) is 0 Å². The Kier molecular flexibility index (Phi) is 4.73. The highest BCUT2D eigenvalue weighted by Crippen LogP contribution is 2.35. The van der Waals surface area contributed by atoms with Crippen LogP contribution in [0.15, 0.2) is 47.5 Å². The van der Waals surface area contributed by atoms with Gasteiger partial charge in [0.15, 0.2) is 5.82 Å². The number of ether oxygens (including phenoxy) is 1. The molecule has 1 unspecified atom stereocenters. The summed E-state index contributed by atoms with van der Waals surface area (Å²) in [4.78, 5) is 21.2. The van der Waals surface area contributed by atoms with Gasteiger partial charge in [-0.1, -0.05) is 41.4 Å². The number of aromatic nitrogens is 2. The quantitative estimate of drug-likeness (QED) is 0.541. The maximum atomic E-state index is 11.8. The SMILES string of the molecule is CC(=O)OC1N=C(c2ccccc2Cl)c2cc(Cl)ccc2-n2c1nc(C)c2C. The average molecular weight is 414 g/mol. The van der Waals surface area contributed by atoms with E-state index >= 15 is 0 Å². The van der Waals surface area contributed by atoms with Gasteiger partial charge in [0.25, 0.3) is 6.23 Å². The molecule has 1 atom stereocenters. The van der Waals surface area contributed by atoms with Crippen molar-refractivity contribution in [2.24, 2.45) is 4.99 Å². The van der Waals surface area contributed by atoms with Gasteiger partial charge in [0.1, 0.15) is 0 Å². The van der Waals surface area contributed by atoms with Gasteiger partial charge in [0.2, 0.25) is 0 Å². The summed E-state index contributed by atoms with van der Waals surface area (Å²) in [6.45, 7) is 5.23. The van der Waals surface area contributed by atoms with E-state index in [0.29, 0.717) is 21.6 Å². The number of carbonyl (C=O) groups excluding carboxylic acids is 1. The second-order valence-corrected chi connectivity index (χ2v) is 7.40. The first-order chi connectivity index (χ1) is 13.4. The highest BCUT2D eigenvalue weighted by molar-refractivity contribution is 6.36. The van der Waals surface area contributed by atoms with E-state index in [1.807, 2.05) is 54.8 Å². The lowest BCUT2D eigenvalue weighted by molar-refractivity contribution is -0.146. The fourth-order valence-electron chi connectivity index (χ4n) is 3.35. The molecule has 4 rings (SSSR count). The average Bonchev–Trinajstić information content (AvgIpc) is 2.87. The molecule has 0 aliphatic carbocycles. The zero-order valence-corrected chi connectivity index (χ0v) is 17.0. The molecule has 5 nitrogen and oxygen atoms in total. The van der Waals surface area contributed by atoms with Crippen LogP contribution in [0.2, 0.25) is 10.0 Å². The van der Waals surface area contributed by atoms with Crippen LogP contribution >= 0.6 is 23.2 Å². The second-order valence-electron chi connectivity index (χ2n) is 6.56. The van der Waals surface area contributed by atoms with Crippen LogP contribution in [0.3, 0.4) is 0 Å². The van der Waals surface area contributed by atoms with Gasteiger partial charge < -0.3 is 4.74 Å². The molecule has 1 aliphatic heterocycles. The summed E-state index contributed by atoms with van der Waals surface area (Å²) in [5.74, 6) is 0.0944. The number of imidazole rings is 1. The minimum absolute atomic E-state index is 0.443. The molecule has 0 spiro atoms. The number of benzene rings is 2. The van der Waals surface area contributed by atoms with E-state index in [9.17, 15) is 4.79 Å². The number of halogens is 2. The summed E-state index contributed by atoms with van der Waals surface area (Å²) in [5.41, 5.74) is 4.74. The molecule has 2 heterocycles. The minimum Gasteiger partial charge on any atom is -0.432 e. The number of aryl methyl sites for hydroxylation is 1. The van der Waals surface area contributed by atoms with E-state index in [1.54, 1.807) is 6.07 Å². The molecule has 28 heavy (non-hydrogen) atoms. The molecule has 0 radical (unpaired) electrons. The Labute approximate surface area is 172 Å².